The predicted molar refractivity (Wildman–Crippen MR) is 59.5 cm³/mol. The van der Waals surface area contributed by atoms with E-state index in [-0.39, 0.29) is 0 Å². The summed E-state index contributed by atoms with van der Waals surface area (Å²) in [5.41, 5.74) is 1.63. The average molecular weight is 266 g/mol. The summed E-state index contributed by atoms with van der Waals surface area (Å²) < 4.78 is 5.70. The minimum absolute atomic E-state index is 0.464. The van der Waals surface area contributed by atoms with Gasteiger partial charge in [-0.05, 0) is 28.1 Å². The van der Waals surface area contributed by atoms with Gasteiger partial charge in [-0.25, -0.2) is 4.98 Å². The summed E-state index contributed by atoms with van der Waals surface area (Å²) in [7, 11) is 1.63. The minimum Gasteiger partial charge on any atom is -0.496 e. The number of benzene rings is 1. The first-order chi connectivity index (χ1) is 7.31. The van der Waals surface area contributed by atoms with E-state index in [4.69, 9.17) is 4.74 Å². The quantitative estimate of drug-likeness (QED) is 0.836. The molecule has 0 spiro atoms. The molecule has 1 aromatic heterocycles. The lowest BCUT2D eigenvalue weighted by molar-refractivity contribution is 0.416. The monoisotopic (exact) mass is 265 g/mol. The molecule has 15 heavy (non-hydrogen) atoms. The van der Waals surface area contributed by atoms with Crippen molar-refractivity contribution in [2.45, 2.75) is 0 Å². The van der Waals surface area contributed by atoms with E-state index in [1.807, 2.05) is 24.3 Å². The van der Waals surface area contributed by atoms with Gasteiger partial charge in [-0.15, -0.1) is 5.10 Å². The zero-order chi connectivity index (χ0) is 10.7. The first-order valence-corrected chi connectivity index (χ1v) is 5.09. The van der Waals surface area contributed by atoms with Gasteiger partial charge in [0.1, 0.15) is 5.75 Å². The molecule has 0 unspecified atom stereocenters. The van der Waals surface area contributed by atoms with Gasteiger partial charge < -0.3 is 4.74 Å². The molecule has 0 atom stereocenters. The SMILES string of the molecule is COc1ccccc1-c1cnnc(Br)n1. The van der Waals surface area contributed by atoms with Crippen LogP contribution in [0.3, 0.4) is 0 Å². The second kappa shape index (κ2) is 4.35. The highest BCUT2D eigenvalue weighted by molar-refractivity contribution is 9.10. The molecule has 1 aromatic carbocycles. The number of rotatable bonds is 2. The van der Waals surface area contributed by atoms with Crippen LogP contribution >= 0.6 is 15.9 Å². The van der Waals surface area contributed by atoms with Crippen LogP contribution < -0.4 is 4.74 Å². The molecule has 0 aliphatic carbocycles. The third-order valence-corrected chi connectivity index (χ3v) is 2.25. The Balaban J connectivity index is 2.53. The van der Waals surface area contributed by atoms with Gasteiger partial charge in [-0.1, -0.05) is 12.1 Å². The number of para-hydroxylation sites is 1. The lowest BCUT2D eigenvalue weighted by Crippen LogP contribution is -1.93. The highest BCUT2D eigenvalue weighted by Gasteiger charge is 2.06. The molecule has 0 aliphatic heterocycles. The molecule has 1 heterocycles. The van der Waals surface area contributed by atoms with Crippen molar-refractivity contribution in [2.75, 3.05) is 7.11 Å². The van der Waals surface area contributed by atoms with E-state index >= 15 is 0 Å². The van der Waals surface area contributed by atoms with Crippen LogP contribution in [0.15, 0.2) is 35.2 Å². The van der Waals surface area contributed by atoms with Crippen molar-refractivity contribution in [1.29, 1.82) is 0 Å². The molecule has 4 nitrogen and oxygen atoms in total. The maximum Gasteiger partial charge on any atom is 0.218 e. The van der Waals surface area contributed by atoms with Crippen molar-refractivity contribution < 1.29 is 4.74 Å². The number of methoxy groups -OCH3 is 1. The Morgan fingerprint density at radius 2 is 2.07 bits per heavy atom. The number of halogens is 1. The average Bonchev–Trinajstić information content (AvgIpc) is 2.29. The predicted octanol–water partition coefficient (Wildman–Crippen LogP) is 2.31. The lowest BCUT2D eigenvalue weighted by Gasteiger charge is -2.06. The minimum atomic E-state index is 0.464. The summed E-state index contributed by atoms with van der Waals surface area (Å²) in [5.74, 6) is 0.768. The summed E-state index contributed by atoms with van der Waals surface area (Å²) in [6.45, 7) is 0. The van der Waals surface area contributed by atoms with Crippen LogP contribution in [0.2, 0.25) is 0 Å². The zero-order valence-electron chi connectivity index (χ0n) is 8.01. The molecular weight excluding hydrogens is 258 g/mol. The van der Waals surface area contributed by atoms with Gasteiger partial charge in [0.05, 0.1) is 19.0 Å². The molecule has 0 bridgehead atoms. The molecule has 2 rings (SSSR count). The first-order valence-electron chi connectivity index (χ1n) is 4.30. The third kappa shape index (κ3) is 2.12. The molecule has 2 aromatic rings. The number of hydrogen-bond donors (Lipinski definition) is 0. The summed E-state index contributed by atoms with van der Waals surface area (Å²) in [4.78, 5) is 4.22. The Bertz CT molecular complexity index is 476. The lowest BCUT2D eigenvalue weighted by atomic mass is 10.1. The fourth-order valence-electron chi connectivity index (χ4n) is 1.27. The molecule has 76 valence electrons. The number of aromatic nitrogens is 3. The van der Waals surface area contributed by atoms with Crippen LogP contribution in [-0.2, 0) is 0 Å². The van der Waals surface area contributed by atoms with Gasteiger partial charge in [0, 0.05) is 5.56 Å². The summed E-state index contributed by atoms with van der Waals surface area (Å²) in [6, 6.07) is 7.64. The highest BCUT2D eigenvalue weighted by atomic mass is 79.9. The van der Waals surface area contributed by atoms with Gasteiger partial charge in [0.25, 0.3) is 0 Å². The second-order valence-electron chi connectivity index (χ2n) is 2.81. The van der Waals surface area contributed by atoms with E-state index in [0.717, 1.165) is 17.0 Å². The molecule has 0 saturated carbocycles. The standard InChI is InChI=1S/C10H8BrN3O/c1-15-9-5-3-2-4-7(9)8-6-12-14-10(11)13-8/h2-6H,1H3. The van der Waals surface area contributed by atoms with Crippen molar-refractivity contribution in [3.05, 3.63) is 35.2 Å². The number of hydrogen-bond acceptors (Lipinski definition) is 4. The fourth-order valence-corrected chi connectivity index (χ4v) is 1.55. The van der Waals surface area contributed by atoms with Crippen LogP contribution in [0.25, 0.3) is 11.3 Å². The maximum absolute atomic E-state index is 5.24. The molecule has 5 heteroatoms. The topological polar surface area (TPSA) is 47.9 Å². The van der Waals surface area contributed by atoms with E-state index in [1.165, 1.54) is 0 Å². The Kier molecular flexibility index (Phi) is 2.91. The molecule has 0 saturated heterocycles. The van der Waals surface area contributed by atoms with E-state index in [1.54, 1.807) is 13.3 Å². The van der Waals surface area contributed by atoms with Crippen LogP contribution in [-0.4, -0.2) is 22.3 Å². The molecule has 0 radical (unpaired) electrons. The van der Waals surface area contributed by atoms with Crippen LogP contribution in [0, 0.1) is 0 Å². The first kappa shape index (κ1) is 10.0. The molecule has 0 aliphatic rings. The van der Waals surface area contributed by atoms with Crippen molar-refractivity contribution >= 4 is 15.9 Å². The van der Waals surface area contributed by atoms with Crippen molar-refractivity contribution in [3.8, 4) is 17.0 Å². The Labute approximate surface area is 95.5 Å². The Morgan fingerprint density at radius 1 is 1.27 bits per heavy atom. The van der Waals surface area contributed by atoms with E-state index in [0.29, 0.717) is 4.73 Å². The largest absolute Gasteiger partial charge is 0.496 e. The van der Waals surface area contributed by atoms with Crippen LogP contribution in [0.1, 0.15) is 0 Å². The van der Waals surface area contributed by atoms with Gasteiger partial charge in [-0.3, -0.25) is 0 Å². The van der Waals surface area contributed by atoms with Gasteiger partial charge in [0.15, 0.2) is 0 Å². The van der Waals surface area contributed by atoms with Gasteiger partial charge >= 0.3 is 0 Å². The third-order valence-electron chi connectivity index (χ3n) is 1.92. The Morgan fingerprint density at radius 3 is 2.80 bits per heavy atom. The van der Waals surface area contributed by atoms with Crippen molar-refractivity contribution in [2.24, 2.45) is 0 Å². The Hall–Kier alpha value is -1.49. The van der Waals surface area contributed by atoms with Crippen molar-refractivity contribution in [1.82, 2.24) is 15.2 Å². The van der Waals surface area contributed by atoms with Crippen molar-refractivity contribution in [3.63, 3.8) is 0 Å². The zero-order valence-corrected chi connectivity index (χ0v) is 9.60. The summed E-state index contributed by atoms with van der Waals surface area (Å²) >= 11 is 3.18. The molecule has 0 N–H and O–H groups in total. The highest BCUT2D eigenvalue weighted by Crippen LogP contribution is 2.27. The molecule has 0 amide bonds. The van der Waals surface area contributed by atoms with Gasteiger partial charge in [0.2, 0.25) is 4.73 Å². The number of ether oxygens (including phenoxy) is 1. The summed E-state index contributed by atoms with van der Waals surface area (Å²) in [5, 5.41) is 7.56. The molecule has 0 fully saturated rings. The normalized spacial score (nSPS) is 10.0. The second-order valence-corrected chi connectivity index (χ2v) is 3.52. The maximum atomic E-state index is 5.24. The smallest absolute Gasteiger partial charge is 0.218 e. The van der Waals surface area contributed by atoms with Gasteiger partial charge in [-0.2, -0.15) is 5.10 Å². The molecular formula is C10H8BrN3O. The van der Waals surface area contributed by atoms with Crippen LogP contribution in [0.5, 0.6) is 5.75 Å². The van der Waals surface area contributed by atoms with E-state index in [2.05, 4.69) is 31.1 Å². The summed E-state index contributed by atoms with van der Waals surface area (Å²) in [6.07, 6.45) is 1.60. The number of nitrogens with zero attached hydrogens (tertiary/aromatic N) is 3. The van der Waals surface area contributed by atoms with E-state index < -0.39 is 0 Å². The fraction of sp³-hybridized carbons (Fsp3) is 0.100. The van der Waals surface area contributed by atoms with Crippen LogP contribution in [0.4, 0.5) is 0 Å². The van der Waals surface area contributed by atoms with E-state index in [9.17, 15) is 0 Å².